The normalized spacial score (nSPS) is 12.5. The van der Waals surface area contributed by atoms with E-state index in [0.29, 0.717) is 17.5 Å². The van der Waals surface area contributed by atoms with Gasteiger partial charge in [-0.05, 0) is 19.3 Å². The first-order chi connectivity index (χ1) is 7.49. The quantitative estimate of drug-likeness (QED) is 0.795. The van der Waals surface area contributed by atoms with Gasteiger partial charge in [-0.2, -0.15) is 0 Å². The van der Waals surface area contributed by atoms with Crippen LogP contribution in [-0.2, 0) is 0 Å². The highest BCUT2D eigenvalue weighted by atomic mass is 32.1. The number of hydrogen-bond acceptors (Lipinski definition) is 4. The molecule has 5 heteroatoms. The lowest BCUT2D eigenvalue weighted by Gasteiger charge is -2.15. The first kappa shape index (κ1) is 12.8. The average molecular weight is 239 g/mol. The van der Waals surface area contributed by atoms with Gasteiger partial charge in [-0.15, -0.1) is 0 Å². The van der Waals surface area contributed by atoms with Crippen molar-refractivity contribution in [2.24, 2.45) is 11.7 Å². The molecular formula is C11H17N3OS. The van der Waals surface area contributed by atoms with Gasteiger partial charge >= 0.3 is 0 Å². The van der Waals surface area contributed by atoms with E-state index in [1.54, 1.807) is 6.20 Å². The predicted octanol–water partition coefficient (Wildman–Crippen LogP) is 1.92. The van der Waals surface area contributed by atoms with Gasteiger partial charge in [0.1, 0.15) is 10.7 Å². The van der Waals surface area contributed by atoms with Crippen LogP contribution in [-0.4, -0.2) is 21.1 Å². The summed E-state index contributed by atoms with van der Waals surface area (Å²) in [6.45, 7) is 6.33. The lowest BCUT2D eigenvalue weighted by atomic mass is 10.1. The maximum atomic E-state index is 5.60. The Bertz CT molecular complexity index is 351. The van der Waals surface area contributed by atoms with Crippen molar-refractivity contribution in [1.29, 1.82) is 0 Å². The van der Waals surface area contributed by atoms with Crippen LogP contribution in [0.25, 0.3) is 0 Å². The minimum Gasteiger partial charge on any atom is -0.474 e. The van der Waals surface area contributed by atoms with Gasteiger partial charge in [-0.1, -0.05) is 26.1 Å². The Morgan fingerprint density at radius 3 is 2.50 bits per heavy atom. The summed E-state index contributed by atoms with van der Waals surface area (Å²) in [5, 5.41) is 0. The molecule has 0 radical (unpaired) electrons. The summed E-state index contributed by atoms with van der Waals surface area (Å²) < 4.78 is 5.60. The van der Waals surface area contributed by atoms with Gasteiger partial charge in [0.15, 0.2) is 0 Å². The van der Waals surface area contributed by atoms with E-state index in [2.05, 4.69) is 23.8 Å². The second-order valence-electron chi connectivity index (χ2n) is 4.16. The highest BCUT2D eigenvalue weighted by molar-refractivity contribution is 7.80. The maximum Gasteiger partial charge on any atom is 0.232 e. The molecule has 0 amide bonds. The molecule has 4 nitrogen and oxygen atoms in total. The molecule has 0 bridgehead atoms. The van der Waals surface area contributed by atoms with Crippen molar-refractivity contribution >= 4 is 17.2 Å². The molecule has 1 heterocycles. The highest BCUT2D eigenvalue weighted by Crippen LogP contribution is 2.12. The summed E-state index contributed by atoms with van der Waals surface area (Å²) in [4.78, 5) is 8.40. The largest absolute Gasteiger partial charge is 0.474 e. The van der Waals surface area contributed by atoms with Crippen LogP contribution in [0.15, 0.2) is 12.4 Å². The first-order valence-corrected chi connectivity index (χ1v) is 5.68. The molecule has 0 fully saturated rings. The number of ether oxygens (including phenoxy) is 1. The maximum absolute atomic E-state index is 5.60. The molecule has 0 spiro atoms. The number of rotatable bonds is 5. The lowest BCUT2D eigenvalue weighted by molar-refractivity contribution is 0.185. The topological polar surface area (TPSA) is 61.0 Å². The SMILES string of the molecule is CC(C)CC(C)Oc1cnc(C(N)=S)cn1. The Kier molecular flexibility index (Phi) is 4.61. The van der Waals surface area contributed by atoms with Crippen LogP contribution >= 0.6 is 12.2 Å². The minimum absolute atomic E-state index is 0.130. The van der Waals surface area contributed by atoms with Crippen molar-refractivity contribution in [1.82, 2.24) is 9.97 Å². The molecule has 0 aromatic carbocycles. The van der Waals surface area contributed by atoms with Crippen molar-refractivity contribution in [2.45, 2.75) is 33.3 Å². The summed E-state index contributed by atoms with van der Waals surface area (Å²) >= 11 is 4.78. The highest BCUT2D eigenvalue weighted by Gasteiger charge is 2.08. The minimum atomic E-state index is 0.130. The second-order valence-corrected chi connectivity index (χ2v) is 4.60. The zero-order valence-corrected chi connectivity index (χ0v) is 10.6. The van der Waals surface area contributed by atoms with E-state index in [1.807, 2.05) is 6.92 Å². The molecule has 88 valence electrons. The molecule has 1 rings (SSSR count). The van der Waals surface area contributed by atoms with Gasteiger partial charge in [-0.25, -0.2) is 9.97 Å². The average Bonchev–Trinajstić information content (AvgIpc) is 2.16. The zero-order valence-electron chi connectivity index (χ0n) is 9.80. The zero-order chi connectivity index (χ0) is 12.1. The van der Waals surface area contributed by atoms with Gasteiger partial charge in [-0.3, -0.25) is 0 Å². The summed E-state index contributed by atoms with van der Waals surface area (Å²) in [7, 11) is 0. The first-order valence-electron chi connectivity index (χ1n) is 5.27. The fraction of sp³-hybridized carbons (Fsp3) is 0.545. The standard InChI is InChI=1S/C11H17N3OS/c1-7(2)4-8(3)15-10-6-13-9(5-14-10)11(12)16/h5-8H,4H2,1-3H3,(H2,12,16). The van der Waals surface area contributed by atoms with Crippen molar-refractivity contribution in [3.63, 3.8) is 0 Å². The number of hydrogen-bond donors (Lipinski definition) is 1. The fourth-order valence-electron chi connectivity index (χ4n) is 1.42. The number of nitrogens with zero attached hydrogens (tertiary/aromatic N) is 2. The Morgan fingerprint density at radius 2 is 2.06 bits per heavy atom. The van der Waals surface area contributed by atoms with Crippen molar-refractivity contribution in [2.75, 3.05) is 0 Å². The van der Waals surface area contributed by atoms with Crippen LogP contribution in [0.5, 0.6) is 5.88 Å². The molecular weight excluding hydrogens is 222 g/mol. The second kappa shape index (κ2) is 5.75. The summed E-state index contributed by atoms with van der Waals surface area (Å²) in [5.41, 5.74) is 5.93. The summed E-state index contributed by atoms with van der Waals surface area (Å²) in [6, 6.07) is 0. The number of thiocarbonyl (C=S) groups is 1. The van der Waals surface area contributed by atoms with Crippen molar-refractivity contribution in [3.8, 4) is 5.88 Å². The van der Waals surface area contributed by atoms with E-state index in [4.69, 9.17) is 22.7 Å². The van der Waals surface area contributed by atoms with Crippen LogP contribution in [0.2, 0.25) is 0 Å². The van der Waals surface area contributed by atoms with Gasteiger partial charge in [0.05, 0.1) is 18.5 Å². The number of aromatic nitrogens is 2. The van der Waals surface area contributed by atoms with Crippen LogP contribution in [0.4, 0.5) is 0 Å². The van der Waals surface area contributed by atoms with Gasteiger partial charge in [0.25, 0.3) is 0 Å². The summed E-state index contributed by atoms with van der Waals surface area (Å²) in [5.74, 6) is 1.10. The monoisotopic (exact) mass is 239 g/mol. The number of nitrogens with two attached hydrogens (primary N) is 1. The van der Waals surface area contributed by atoms with Crippen LogP contribution in [0.3, 0.4) is 0 Å². The third-order valence-electron chi connectivity index (χ3n) is 2.01. The lowest BCUT2D eigenvalue weighted by Crippen LogP contribution is -2.16. The molecule has 0 saturated carbocycles. The van der Waals surface area contributed by atoms with Crippen molar-refractivity contribution in [3.05, 3.63) is 18.1 Å². The molecule has 0 aliphatic heterocycles. The molecule has 1 atom stereocenters. The molecule has 1 aromatic rings. The van der Waals surface area contributed by atoms with Gasteiger partial charge in [0, 0.05) is 0 Å². The van der Waals surface area contributed by atoms with E-state index in [0.717, 1.165) is 6.42 Å². The molecule has 2 N–H and O–H groups in total. The van der Waals surface area contributed by atoms with Gasteiger partial charge in [0.2, 0.25) is 5.88 Å². The van der Waals surface area contributed by atoms with E-state index in [-0.39, 0.29) is 11.1 Å². The van der Waals surface area contributed by atoms with Crippen LogP contribution < -0.4 is 10.5 Å². The van der Waals surface area contributed by atoms with E-state index >= 15 is 0 Å². The predicted molar refractivity (Wildman–Crippen MR) is 67.5 cm³/mol. The summed E-state index contributed by atoms with van der Waals surface area (Å²) in [6.07, 6.45) is 4.19. The molecule has 1 aromatic heterocycles. The van der Waals surface area contributed by atoms with E-state index < -0.39 is 0 Å². The fourth-order valence-corrected chi connectivity index (χ4v) is 1.53. The van der Waals surface area contributed by atoms with Crippen LogP contribution in [0, 0.1) is 5.92 Å². The van der Waals surface area contributed by atoms with Gasteiger partial charge < -0.3 is 10.5 Å². The van der Waals surface area contributed by atoms with E-state index in [1.165, 1.54) is 6.20 Å². The van der Waals surface area contributed by atoms with Crippen molar-refractivity contribution < 1.29 is 4.74 Å². The van der Waals surface area contributed by atoms with Crippen LogP contribution in [0.1, 0.15) is 32.9 Å². The molecule has 0 aliphatic rings. The molecule has 0 saturated heterocycles. The third-order valence-corrected chi connectivity index (χ3v) is 2.22. The van der Waals surface area contributed by atoms with E-state index in [9.17, 15) is 0 Å². The Hall–Kier alpha value is -1.23. The molecule has 0 aliphatic carbocycles. The smallest absolute Gasteiger partial charge is 0.232 e. The molecule has 16 heavy (non-hydrogen) atoms. The Labute approximate surface area is 101 Å². The Balaban J connectivity index is 2.58. The Morgan fingerprint density at radius 1 is 1.38 bits per heavy atom. The third kappa shape index (κ3) is 4.10. The molecule has 1 unspecified atom stereocenters.